The summed E-state index contributed by atoms with van der Waals surface area (Å²) in [5.41, 5.74) is 0.680. The molecule has 1 heterocycles. The van der Waals surface area contributed by atoms with Crippen LogP contribution in [0.15, 0.2) is 53.1 Å². The van der Waals surface area contributed by atoms with Gasteiger partial charge in [0.2, 0.25) is 11.7 Å². The SMILES string of the molecule is Cc1nc(-c2ccc(NC(=O)Nc3ccc(C(F)(F)F)cc3)cc2)no1. The molecule has 0 radical (unpaired) electrons. The van der Waals surface area contributed by atoms with Crippen molar-refractivity contribution >= 4 is 17.4 Å². The maximum absolute atomic E-state index is 12.5. The number of carbonyl (C=O) groups is 1. The standard InChI is InChI=1S/C17H13F3N4O2/c1-10-21-15(24-26-10)11-2-6-13(7-3-11)22-16(25)23-14-8-4-12(5-9-14)17(18,19)20/h2-9H,1H3,(H2,22,23,25). The summed E-state index contributed by atoms with van der Waals surface area (Å²) < 4.78 is 42.4. The highest BCUT2D eigenvalue weighted by Crippen LogP contribution is 2.29. The van der Waals surface area contributed by atoms with Crippen molar-refractivity contribution in [3.8, 4) is 11.4 Å². The third kappa shape index (κ3) is 4.18. The summed E-state index contributed by atoms with van der Waals surface area (Å²) in [5.74, 6) is 0.876. The van der Waals surface area contributed by atoms with Gasteiger partial charge in [-0.1, -0.05) is 5.16 Å². The lowest BCUT2D eigenvalue weighted by molar-refractivity contribution is -0.137. The van der Waals surface area contributed by atoms with Crippen LogP contribution in [-0.4, -0.2) is 16.2 Å². The molecule has 2 aromatic carbocycles. The van der Waals surface area contributed by atoms with Gasteiger partial charge in [0.1, 0.15) is 0 Å². The van der Waals surface area contributed by atoms with Crippen molar-refractivity contribution in [2.45, 2.75) is 13.1 Å². The van der Waals surface area contributed by atoms with E-state index in [2.05, 4.69) is 20.8 Å². The molecule has 0 aliphatic rings. The number of urea groups is 1. The molecule has 3 aromatic rings. The number of alkyl halides is 3. The Morgan fingerprint density at radius 3 is 1.96 bits per heavy atom. The van der Waals surface area contributed by atoms with Crippen molar-refractivity contribution in [2.24, 2.45) is 0 Å². The van der Waals surface area contributed by atoms with Crippen LogP contribution in [0.3, 0.4) is 0 Å². The lowest BCUT2D eigenvalue weighted by Gasteiger charge is -2.10. The molecular formula is C17H13F3N4O2. The van der Waals surface area contributed by atoms with E-state index in [1.54, 1.807) is 31.2 Å². The number of nitrogens with one attached hydrogen (secondary N) is 2. The Balaban J connectivity index is 1.61. The van der Waals surface area contributed by atoms with Gasteiger partial charge in [-0.05, 0) is 48.5 Å². The molecule has 134 valence electrons. The van der Waals surface area contributed by atoms with E-state index in [-0.39, 0.29) is 5.69 Å². The Kier molecular flexibility index (Phi) is 4.61. The van der Waals surface area contributed by atoms with E-state index in [1.165, 1.54) is 12.1 Å². The maximum atomic E-state index is 12.5. The highest BCUT2D eigenvalue weighted by Gasteiger charge is 2.29. The zero-order valence-electron chi connectivity index (χ0n) is 13.5. The molecule has 0 spiro atoms. The fraction of sp³-hybridized carbons (Fsp3) is 0.118. The van der Waals surface area contributed by atoms with E-state index < -0.39 is 17.8 Å². The number of carbonyl (C=O) groups excluding carboxylic acids is 1. The van der Waals surface area contributed by atoms with E-state index in [9.17, 15) is 18.0 Å². The first-order chi connectivity index (χ1) is 12.3. The number of benzene rings is 2. The molecule has 0 saturated carbocycles. The second-order valence-electron chi connectivity index (χ2n) is 5.37. The van der Waals surface area contributed by atoms with Gasteiger partial charge < -0.3 is 15.2 Å². The fourth-order valence-corrected chi connectivity index (χ4v) is 2.16. The average molecular weight is 362 g/mol. The second kappa shape index (κ2) is 6.87. The number of nitrogens with zero attached hydrogens (tertiary/aromatic N) is 2. The minimum absolute atomic E-state index is 0.245. The molecule has 0 aliphatic heterocycles. The highest BCUT2D eigenvalue weighted by molar-refractivity contribution is 5.99. The van der Waals surface area contributed by atoms with Crippen LogP contribution in [0, 0.1) is 6.92 Å². The maximum Gasteiger partial charge on any atom is 0.416 e. The van der Waals surface area contributed by atoms with Crippen molar-refractivity contribution in [3.63, 3.8) is 0 Å². The van der Waals surface area contributed by atoms with Crippen LogP contribution in [0.5, 0.6) is 0 Å². The quantitative estimate of drug-likeness (QED) is 0.707. The van der Waals surface area contributed by atoms with Crippen molar-refractivity contribution in [2.75, 3.05) is 10.6 Å². The molecule has 2 amide bonds. The summed E-state index contributed by atoms with van der Waals surface area (Å²) in [6.45, 7) is 1.68. The number of anilines is 2. The zero-order chi connectivity index (χ0) is 18.7. The van der Waals surface area contributed by atoms with Gasteiger partial charge in [0, 0.05) is 23.9 Å². The van der Waals surface area contributed by atoms with Crippen molar-refractivity contribution in [1.82, 2.24) is 10.1 Å². The second-order valence-corrected chi connectivity index (χ2v) is 5.37. The van der Waals surface area contributed by atoms with Gasteiger partial charge in [-0.2, -0.15) is 18.2 Å². The molecule has 0 aliphatic carbocycles. The van der Waals surface area contributed by atoms with Gasteiger partial charge in [-0.3, -0.25) is 0 Å². The van der Waals surface area contributed by atoms with Gasteiger partial charge in [-0.15, -0.1) is 0 Å². The zero-order valence-corrected chi connectivity index (χ0v) is 13.5. The van der Waals surface area contributed by atoms with Crippen LogP contribution in [0.1, 0.15) is 11.5 Å². The van der Waals surface area contributed by atoms with Crippen LogP contribution in [-0.2, 0) is 6.18 Å². The van der Waals surface area contributed by atoms with E-state index in [1.807, 2.05) is 0 Å². The summed E-state index contributed by atoms with van der Waals surface area (Å²) in [6.07, 6.45) is -4.42. The molecule has 0 fully saturated rings. The van der Waals surface area contributed by atoms with Crippen molar-refractivity contribution < 1.29 is 22.5 Å². The number of rotatable bonds is 3. The minimum atomic E-state index is -4.42. The van der Waals surface area contributed by atoms with E-state index >= 15 is 0 Å². The predicted octanol–water partition coefficient (Wildman–Crippen LogP) is 4.71. The van der Waals surface area contributed by atoms with Crippen molar-refractivity contribution in [3.05, 3.63) is 60.0 Å². The van der Waals surface area contributed by atoms with Crippen molar-refractivity contribution in [1.29, 1.82) is 0 Å². The molecule has 1 aromatic heterocycles. The first-order valence-corrected chi connectivity index (χ1v) is 7.47. The first kappa shape index (κ1) is 17.5. The molecule has 9 heteroatoms. The Hall–Kier alpha value is -3.36. The van der Waals surface area contributed by atoms with Gasteiger partial charge in [0.25, 0.3) is 0 Å². The largest absolute Gasteiger partial charge is 0.416 e. The van der Waals surface area contributed by atoms with Crippen LogP contribution < -0.4 is 10.6 Å². The Morgan fingerprint density at radius 2 is 1.50 bits per heavy atom. The summed E-state index contributed by atoms with van der Waals surface area (Å²) in [6, 6.07) is 10.3. The number of hydrogen-bond donors (Lipinski definition) is 2. The molecule has 26 heavy (non-hydrogen) atoms. The number of hydrogen-bond acceptors (Lipinski definition) is 4. The molecule has 6 nitrogen and oxygen atoms in total. The Morgan fingerprint density at radius 1 is 0.962 bits per heavy atom. The summed E-state index contributed by atoms with van der Waals surface area (Å²) in [7, 11) is 0. The number of amides is 2. The van der Waals surface area contributed by atoms with Gasteiger partial charge >= 0.3 is 12.2 Å². The van der Waals surface area contributed by atoms with E-state index in [4.69, 9.17) is 4.52 Å². The highest BCUT2D eigenvalue weighted by atomic mass is 19.4. The van der Waals surface area contributed by atoms with Crippen LogP contribution in [0.4, 0.5) is 29.3 Å². The number of halogens is 3. The van der Waals surface area contributed by atoms with Gasteiger partial charge in [0.15, 0.2) is 0 Å². The Labute approximate surface area is 146 Å². The van der Waals surface area contributed by atoms with E-state index in [0.717, 1.165) is 17.7 Å². The number of aryl methyl sites for hydroxylation is 1. The third-order valence-electron chi connectivity index (χ3n) is 3.40. The molecule has 0 bridgehead atoms. The lowest BCUT2D eigenvalue weighted by atomic mass is 10.2. The number of aromatic nitrogens is 2. The molecule has 0 saturated heterocycles. The summed E-state index contributed by atoms with van der Waals surface area (Å²) in [4.78, 5) is 16.0. The third-order valence-corrected chi connectivity index (χ3v) is 3.40. The molecular weight excluding hydrogens is 349 g/mol. The molecule has 0 unspecified atom stereocenters. The fourth-order valence-electron chi connectivity index (χ4n) is 2.16. The van der Waals surface area contributed by atoms with Crippen LogP contribution >= 0.6 is 0 Å². The molecule has 3 rings (SSSR count). The minimum Gasteiger partial charge on any atom is -0.339 e. The Bertz CT molecular complexity index is 903. The average Bonchev–Trinajstić information content (AvgIpc) is 3.01. The topological polar surface area (TPSA) is 80.0 Å². The van der Waals surface area contributed by atoms with Gasteiger partial charge in [0.05, 0.1) is 5.56 Å². The smallest absolute Gasteiger partial charge is 0.339 e. The van der Waals surface area contributed by atoms with Crippen LogP contribution in [0.25, 0.3) is 11.4 Å². The van der Waals surface area contributed by atoms with Gasteiger partial charge in [-0.25, -0.2) is 4.79 Å². The predicted molar refractivity (Wildman–Crippen MR) is 88.6 cm³/mol. The molecule has 0 atom stereocenters. The lowest BCUT2D eigenvalue weighted by Crippen LogP contribution is -2.19. The first-order valence-electron chi connectivity index (χ1n) is 7.47. The molecule has 2 N–H and O–H groups in total. The monoisotopic (exact) mass is 362 g/mol. The van der Waals surface area contributed by atoms with E-state index in [0.29, 0.717) is 17.4 Å². The van der Waals surface area contributed by atoms with Crippen LogP contribution in [0.2, 0.25) is 0 Å². The normalized spacial score (nSPS) is 11.2. The summed E-state index contributed by atoms with van der Waals surface area (Å²) >= 11 is 0. The summed E-state index contributed by atoms with van der Waals surface area (Å²) in [5, 5.41) is 8.84.